The molecule has 1 heterocycles. The van der Waals surface area contributed by atoms with E-state index in [0.717, 1.165) is 6.26 Å². The molecule has 0 saturated heterocycles. The van der Waals surface area contributed by atoms with Gasteiger partial charge in [-0.2, -0.15) is 0 Å². The largest absolute Gasteiger partial charge is 0.478 e. The van der Waals surface area contributed by atoms with Gasteiger partial charge < -0.3 is 21.8 Å². The predicted octanol–water partition coefficient (Wildman–Crippen LogP) is 2.86. The molecule has 0 atom stereocenters. The molecule has 0 unspecified atom stereocenters. The Balaban J connectivity index is 0.00000280. The number of nitrogens with one attached hydrogen (secondary N) is 2. The van der Waals surface area contributed by atoms with E-state index in [2.05, 4.69) is 26.7 Å². The van der Waals surface area contributed by atoms with Crippen molar-refractivity contribution in [3.63, 3.8) is 0 Å². The molecule has 2 aromatic carbocycles. The average Bonchev–Trinajstić information content (AvgIpc) is 2.62. The molecular formula is C18H15N4O4SY-. The molecule has 8 nitrogen and oxygen atoms in total. The van der Waals surface area contributed by atoms with Crippen LogP contribution < -0.4 is 10.6 Å². The van der Waals surface area contributed by atoms with E-state index in [9.17, 15) is 13.2 Å². The fourth-order valence-electron chi connectivity index (χ4n) is 2.29. The molecule has 0 saturated carbocycles. The number of aromatic carboxylic acids is 1. The summed E-state index contributed by atoms with van der Waals surface area (Å²) in [5, 5.41) is 14.8. The minimum atomic E-state index is -3.41. The van der Waals surface area contributed by atoms with E-state index in [-0.39, 0.29) is 54.9 Å². The molecule has 3 N–H and O–H groups in total. The van der Waals surface area contributed by atoms with Gasteiger partial charge in [0.1, 0.15) is 0 Å². The Bertz CT molecular complexity index is 1090. The molecule has 0 spiro atoms. The van der Waals surface area contributed by atoms with Crippen molar-refractivity contribution in [2.24, 2.45) is 0 Å². The summed E-state index contributed by atoms with van der Waals surface area (Å²) in [6.07, 6.45) is 2.53. The van der Waals surface area contributed by atoms with Gasteiger partial charge in [-0.3, -0.25) is 4.98 Å². The fourth-order valence-corrected chi connectivity index (χ4v) is 3.14. The number of carbonyl (C=O) groups is 1. The topological polar surface area (TPSA) is 121 Å². The quantitative estimate of drug-likeness (QED) is 0.469. The molecule has 0 amide bonds. The zero-order valence-electron chi connectivity index (χ0n) is 14.7. The van der Waals surface area contributed by atoms with Crippen molar-refractivity contribution in [2.75, 3.05) is 16.9 Å². The van der Waals surface area contributed by atoms with Crippen LogP contribution >= 0.6 is 0 Å². The minimum absolute atomic E-state index is 0. The number of hydrogen-bond acceptors (Lipinski definition) is 7. The Labute approximate surface area is 187 Å². The molecule has 141 valence electrons. The van der Waals surface area contributed by atoms with Gasteiger partial charge in [0, 0.05) is 44.7 Å². The van der Waals surface area contributed by atoms with Crippen molar-refractivity contribution in [1.82, 2.24) is 9.97 Å². The van der Waals surface area contributed by atoms with Crippen LogP contribution in [0, 0.1) is 6.07 Å². The summed E-state index contributed by atoms with van der Waals surface area (Å²) in [6, 6.07) is 15.4. The van der Waals surface area contributed by atoms with Crippen LogP contribution in [0.25, 0.3) is 0 Å². The van der Waals surface area contributed by atoms with Crippen molar-refractivity contribution in [2.45, 2.75) is 4.90 Å². The number of carboxylic acid groups (broad SMARTS) is 1. The van der Waals surface area contributed by atoms with Crippen molar-refractivity contribution in [3.8, 4) is 0 Å². The van der Waals surface area contributed by atoms with Gasteiger partial charge in [-0.05, 0) is 42.2 Å². The third-order valence-electron chi connectivity index (χ3n) is 3.53. The summed E-state index contributed by atoms with van der Waals surface area (Å²) in [5.41, 5.74) is 1.16. The maximum Gasteiger partial charge on any atom is 0.335 e. The van der Waals surface area contributed by atoms with E-state index in [1.165, 1.54) is 24.4 Å². The SMILES string of the molecule is CS(=O)(=O)c1ccccc1Nc1[c-]cnc(Nc2ccc(C(=O)O)cc2)n1.[Y]. The van der Waals surface area contributed by atoms with Gasteiger partial charge >= 0.3 is 5.97 Å². The predicted molar refractivity (Wildman–Crippen MR) is 100 cm³/mol. The normalized spacial score (nSPS) is 10.6. The molecule has 3 rings (SSSR count). The van der Waals surface area contributed by atoms with Crippen molar-refractivity contribution in [3.05, 3.63) is 66.4 Å². The van der Waals surface area contributed by atoms with E-state index in [1.807, 2.05) is 0 Å². The third-order valence-corrected chi connectivity index (χ3v) is 4.69. The Kier molecular flexibility index (Phi) is 7.23. The second-order valence-electron chi connectivity index (χ2n) is 5.59. The van der Waals surface area contributed by atoms with Crippen LogP contribution in [0.4, 0.5) is 23.1 Å². The Morgan fingerprint density at radius 3 is 2.39 bits per heavy atom. The molecule has 1 aromatic heterocycles. The second kappa shape index (κ2) is 9.23. The number of rotatable bonds is 6. The minimum Gasteiger partial charge on any atom is -0.478 e. The number of carboxylic acids is 1. The molecule has 3 aromatic rings. The average molecular weight is 472 g/mol. The summed E-state index contributed by atoms with van der Waals surface area (Å²) in [6.45, 7) is 0. The van der Waals surface area contributed by atoms with Crippen LogP contribution in [-0.2, 0) is 42.5 Å². The van der Waals surface area contributed by atoms with Gasteiger partial charge in [-0.1, -0.05) is 12.1 Å². The number of anilines is 4. The van der Waals surface area contributed by atoms with Gasteiger partial charge in [0.2, 0.25) is 5.95 Å². The molecule has 0 bridgehead atoms. The summed E-state index contributed by atoms with van der Waals surface area (Å²) in [4.78, 5) is 19.3. The number of para-hydroxylation sites is 1. The second-order valence-corrected chi connectivity index (χ2v) is 7.57. The summed E-state index contributed by atoms with van der Waals surface area (Å²) in [7, 11) is -3.41. The zero-order chi connectivity index (χ0) is 19.4. The zero-order valence-corrected chi connectivity index (χ0v) is 18.4. The van der Waals surface area contributed by atoms with Gasteiger partial charge in [0.15, 0.2) is 9.84 Å². The standard InChI is InChI=1S/C18H15N4O4S.Y/c1-27(25,26)15-5-3-2-4-14(15)21-16-10-11-19-18(22-16)20-13-8-6-12(7-9-13)17(23)24;/h2-9,11H,1H3,(H,23,24)(H2,19,20,21,22);/q-1;. The third kappa shape index (κ3) is 5.57. The van der Waals surface area contributed by atoms with Gasteiger partial charge in [-0.15, -0.1) is 6.20 Å². The summed E-state index contributed by atoms with van der Waals surface area (Å²) >= 11 is 0. The maximum absolute atomic E-state index is 11.9. The van der Waals surface area contributed by atoms with Crippen LogP contribution in [0.1, 0.15) is 10.4 Å². The van der Waals surface area contributed by atoms with Crippen LogP contribution in [0.3, 0.4) is 0 Å². The summed E-state index contributed by atoms with van der Waals surface area (Å²) < 4.78 is 23.8. The fraction of sp³-hybridized carbons (Fsp3) is 0.0556. The molecule has 0 fully saturated rings. The monoisotopic (exact) mass is 472 g/mol. The smallest absolute Gasteiger partial charge is 0.335 e. The summed E-state index contributed by atoms with van der Waals surface area (Å²) in [5.74, 6) is -0.481. The van der Waals surface area contributed by atoms with E-state index in [4.69, 9.17) is 5.11 Å². The maximum atomic E-state index is 11.9. The molecular weight excluding hydrogens is 457 g/mol. The number of benzene rings is 2. The first-order valence-electron chi connectivity index (χ1n) is 7.74. The Morgan fingerprint density at radius 2 is 1.75 bits per heavy atom. The Hall–Kier alpha value is -2.36. The number of hydrogen-bond donors (Lipinski definition) is 3. The molecule has 0 aliphatic heterocycles. The molecule has 1 radical (unpaired) electrons. The Morgan fingerprint density at radius 1 is 1.07 bits per heavy atom. The molecule has 10 heteroatoms. The van der Waals surface area contributed by atoms with E-state index in [1.54, 1.807) is 30.3 Å². The number of sulfone groups is 1. The number of aromatic nitrogens is 2. The van der Waals surface area contributed by atoms with Gasteiger partial charge in [-0.25, -0.2) is 18.2 Å². The van der Waals surface area contributed by atoms with Crippen LogP contribution in [-0.4, -0.2) is 35.7 Å². The van der Waals surface area contributed by atoms with Crippen LogP contribution in [0.2, 0.25) is 0 Å². The van der Waals surface area contributed by atoms with Gasteiger partial charge in [0.05, 0.1) is 16.1 Å². The van der Waals surface area contributed by atoms with Crippen molar-refractivity contribution >= 4 is 38.9 Å². The van der Waals surface area contributed by atoms with Crippen LogP contribution in [0.5, 0.6) is 0 Å². The van der Waals surface area contributed by atoms with Crippen molar-refractivity contribution in [1.29, 1.82) is 0 Å². The first-order chi connectivity index (χ1) is 12.8. The number of nitrogens with zero attached hydrogens (tertiary/aromatic N) is 2. The first-order valence-corrected chi connectivity index (χ1v) is 9.63. The molecule has 28 heavy (non-hydrogen) atoms. The van der Waals surface area contributed by atoms with E-state index >= 15 is 0 Å². The molecule has 0 aliphatic rings. The van der Waals surface area contributed by atoms with Crippen molar-refractivity contribution < 1.29 is 51.0 Å². The van der Waals surface area contributed by atoms with Crippen LogP contribution in [0.15, 0.2) is 59.6 Å². The first kappa shape index (κ1) is 21.9. The molecule has 0 aliphatic carbocycles. The van der Waals surface area contributed by atoms with Gasteiger partial charge in [0.25, 0.3) is 0 Å². The van der Waals surface area contributed by atoms with E-state index < -0.39 is 15.8 Å². The van der Waals surface area contributed by atoms with E-state index in [0.29, 0.717) is 11.4 Å².